The molecule has 4 heteroatoms. The Morgan fingerprint density at radius 2 is 2.06 bits per heavy atom. The lowest BCUT2D eigenvalue weighted by Gasteiger charge is -2.29. The minimum absolute atomic E-state index is 0.00364. The van der Waals surface area contributed by atoms with Crippen molar-refractivity contribution < 1.29 is 9.90 Å². The number of hydrogen-bond donors (Lipinski definition) is 1. The van der Waals surface area contributed by atoms with E-state index < -0.39 is 0 Å². The smallest absolute Gasteiger partial charge is 0.236 e. The van der Waals surface area contributed by atoms with Crippen LogP contribution in [0.15, 0.2) is 24.3 Å². The van der Waals surface area contributed by atoms with Gasteiger partial charge in [-0.1, -0.05) is 28.1 Å². The second kappa shape index (κ2) is 5.54. The van der Waals surface area contributed by atoms with E-state index in [-0.39, 0.29) is 16.5 Å². The first-order valence-corrected chi connectivity index (χ1v) is 6.79. The van der Waals surface area contributed by atoms with Crippen molar-refractivity contribution in [3.63, 3.8) is 0 Å². The van der Waals surface area contributed by atoms with Gasteiger partial charge in [0.15, 0.2) is 0 Å². The Balaban J connectivity index is 1.89. The summed E-state index contributed by atoms with van der Waals surface area (Å²) in [6.07, 6.45) is 2.84. The van der Waals surface area contributed by atoms with E-state index in [1.54, 1.807) is 12.1 Å². The topological polar surface area (TPSA) is 40.5 Å². The molecule has 1 unspecified atom stereocenters. The summed E-state index contributed by atoms with van der Waals surface area (Å²) < 4.78 is 0. The molecule has 0 aliphatic carbocycles. The lowest BCUT2D eigenvalue weighted by molar-refractivity contribution is -0.132. The van der Waals surface area contributed by atoms with E-state index in [0.29, 0.717) is 0 Å². The third-order valence-electron chi connectivity index (χ3n) is 3.07. The van der Waals surface area contributed by atoms with Crippen molar-refractivity contribution in [2.75, 3.05) is 13.1 Å². The van der Waals surface area contributed by atoms with Gasteiger partial charge < -0.3 is 10.0 Å². The Kier molecular flexibility index (Phi) is 4.05. The zero-order valence-corrected chi connectivity index (χ0v) is 11.2. The van der Waals surface area contributed by atoms with Crippen molar-refractivity contribution in [2.45, 2.75) is 24.1 Å². The van der Waals surface area contributed by atoms with E-state index in [1.165, 1.54) is 0 Å². The first kappa shape index (κ1) is 12.4. The molecule has 1 aromatic carbocycles. The normalized spacial score (nSPS) is 20.6. The second-order valence-corrected chi connectivity index (χ2v) is 5.46. The molecule has 1 atom stereocenters. The SMILES string of the molecule is O=C1C(Br)CCCN1CCc1ccc(O)cc1. The average molecular weight is 298 g/mol. The van der Waals surface area contributed by atoms with Crippen LogP contribution >= 0.6 is 15.9 Å². The number of halogens is 1. The van der Waals surface area contributed by atoms with Crippen LogP contribution in [-0.2, 0) is 11.2 Å². The number of nitrogens with zero attached hydrogens (tertiary/aromatic N) is 1. The first-order chi connectivity index (χ1) is 8.16. The van der Waals surface area contributed by atoms with E-state index in [4.69, 9.17) is 0 Å². The van der Waals surface area contributed by atoms with Crippen LogP contribution in [0.4, 0.5) is 0 Å². The molecule has 0 saturated carbocycles. The summed E-state index contributed by atoms with van der Waals surface area (Å²) in [5, 5.41) is 9.18. The van der Waals surface area contributed by atoms with Crippen molar-refractivity contribution in [2.24, 2.45) is 0 Å². The van der Waals surface area contributed by atoms with Gasteiger partial charge in [0, 0.05) is 13.1 Å². The molecule has 0 radical (unpaired) electrons. The summed E-state index contributed by atoms with van der Waals surface area (Å²) in [6.45, 7) is 1.62. The summed E-state index contributed by atoms with van der Waals surface area (Å²) in [4.78, 5) is 13.7. The highest BCUT2D eigenvalue weighted by Crippen LogP contribution is 2.19. The number of benzene rings is 1. The van der Waals surface area contributed by atoms with Crippen molar-refractivity contribution >= 4 is 21.8 Å². The lowest BCUT2D eigenvalue weighted by atomic mass is 10.1. The molecule has 1 saturated heterocycles. The molecule has 2 rings (SSSR count). The molecule has 92 valence electrons. The van der Waals surface area contributed by atoms with Crippen LogP contribution in [0.3, 0.4) is 0 Å². The van der Waals surface area contributed by atoms with Gasteiger partial charge in [-0.15, -0.1) is 0 Å². The number of alkyl halides is 1. The molecular weight excluding hydrogens is 282 g/mol. The lowest BCUT2D eigenvalue weighted by Crippen LogP contribution is -2.42. The summed E-state index contributed by atoms with van der Waals surface area (Å²) in [7, 11) is 0. The maximum atomic E-state index is 11.8. The predicted molar refractivity (Wildman–Crippen MR) is 70.3 cm³/mol. The van der Waals surface area contributed by atoms with Gasteiger partial charge in [-0.05, 0) is 37.0 Å². The van der Waals surface area contributed by atoms with Gasteiger partial charge in [0.1, 0.15) is 5.75 Å². The number of amides is 1. The zero-order chi connectivity index (χ0) is 12.3. The quantitative estimate of drug-likeness (QED) is 0.870. The third-order valence-corrected chi connectivity index (χ3v) is 3.92. The Morgan fingerprint density at radius 3 is 2.76 bits per heavy atom. The predicted octanol–water partition coefficient (Wildman–Crippen LogP) is 2.32. The number of piperidine rings is 1. The van der Waals surface area contributed by atoms with Crippen molar-refractivity contribution in [3.8, 4) is 5.75 Å². The Hall–Kier alpha value is -1.03. The Labute approximate surface area is 110 Å². The molecule has 1 fully saturated rings. The molecule has 0 aromatic heterocycles. The monoisotopic (exact) mass is 297 g/mol. The summed E-state index contributed by atoms with van der Waals surface area (Å²) >= 11 is 3.41. The summed E-state index contributed by atoms with van der Waals surface area (Å²) in [6, 6.07) is 7.16. The minimum Gasteiger partial charge on any atom is -0.508 e. The van der Waals surface area contributed by atoms with Gasteiger partial charge in [-0.2, -0.15) is 0 Å². The van der Waals surface area contributed by atoms with Gasteiger partial charge in [-0.25, -0.2) is 0 Å². The van der Waals surface area contributed by atoms with Crippen LogP contribution in [0.5, 0.6) is 5.75 Å². The number of hydrogen-bond acceptors (Lipinski definition) is 2. The zero-order valence-electron chi connectivity index (χ0n) is 9.60. The van der Waals surface area contributed by atoms with Crippen LogP contribution in [-0.4, -0.2) is 33.8 Å². The maximum Gasteiger partial charge on any atom is 0.236 e. The Morgan fingerprint density at radius 1 is 1.35 bits per heavy atom. The fourth-order valence-corrected chi connectivity index (χ4v) is 2.66. The fraction of sp³-hybridized carbons (Fsp3) is 0.462. The molecule has 3 nitrogen and oxygen atoms in total. The summed E-state index contributed by atoms with van der Waals surface area (Å²) in [5.41, 5.74) is 1.15. The van der Waals surface area contributed by atoms with Gasteiger partial charge in [0.2, 0.25) is 5.91 Å². The Bertz CT molecular complexity index is 391. The number of phenolic OH excluding ortho intramolecular Hbond substituents is 1. The van der Waals surface area contributed by atoms with Crippen LogP contribution in [0, 0.1) is 0 Å². The molecular formula is C13H16BrNO2. The highest BCUT2D eigenvalue weighted by molar-refractivity contribution is 9.10. The van der Waals surface area contributed by atoms with Gasteiger partial charge in [0.05, 0.1) is 4.83 Å². The molecule has 0 bridgehead atoms. The fourth-order valence-electron chi connectivity index (χ4n) is 2.04. The van der Waals surface area contributed by atoms with E-state index in [9.17, 15) is 9.90 Å². The van der Waals surface area contributed by atoms with E-state index >= 15 is 0 Å². The number of likely N-dealkylation sites (tertiary alicyclic amines) is 1. The van der Waals surface area contributed by atoms with Crippen LogP contribution in [0.25, 0.3) is 0 Å². The van der Waals surface area contributed by atoms with Crippen LogP contribution < -0.4 is 0 Å². The van der Waals surface area contributed by atoms with Gasteiger partial charge in [-0.3, -0.25) is 4.79 Å². The van der Waals surface area contributed by atoms with E-state index in [0.717, 1.165) is 37.9 Å². The molecule has 1 N–H and O–H groups in total. The largest absolute Gasteiger partial charge is 0.508 e. The van der Waals surface area contributed by atoms with Crippen molar-refractivity contribution in [1.82, 2.24) is 4.90 Å². The molecule has 1 aromatic rings. The van der Waals surface area contributed by atoms with Gasteiger partial charge >= 0.3 is 0 Å². The minimum atomic E-state index is -0.00364. The number of rotatable bonds is 3. The van der Waals surface area contributed by atoms with Crippen LogP contribution in [0.2, 0.25) is 0 Å². The average Bonchev–Trinajstić information content (AvgIpc) is 2.33. The number of aromatic hydroxyl groups is 1. The van der Waals surface area contributed by atoms with Gasteiger partial charge in [0.25, 0.3) is 0 Å². The number of carbonyl (C=O) groups excluding carboxylic acids is 1. The van der Waals surface area contributed by atoms with Crippen molar-refractivity contribution in [1.29, 1.82) is 0 Å². The molecule has 1 heterocycles. The first-order valence-electron chi connectivity index (χ1n) is 5.87. The van der Waals surface area contributed by atoms with E-state index in [2.05, 4.69) is 15.9 Å². The second-order valence-electron chi connectivity index (χ2n) is 4.35. The highest BCUT2D eigenvalue weighted by Gasteiger charge is 2.25. The molecule has 1 amide bonds. The van der Waals surface area contributed by atoms with Crippen LogP contribution in [0.1, 0.15) is 18.4 Å². The molecule has 1 aliphatic heterocycles. The third kappa shape index (κ3) is 3.22. The molecule has 0 spiro atoms. The maximum absolute atomic E-state index is 11.8. The number of phenols is 1. The van der Waals surface area contributed by atoms with E-state index in [1.807, 2.05) is 17.0 Å². The standard InChI is InChI=1S/C13H16BrNO2/c14-12-2-1-8-15(13(12)17)9-7-10-3-5-11(16)6-4-10/h3-6,12,16H,1-2,7-9H2. The molecule has 1 aliphatic rings. The summed E-state index contributed by atoms with van der Waals surface area (Å²) in [5.74, 6) is 0.485. The molecule has 17 heavy (non-hydrogen) atoms. The number of carbonyl (C=O) groups is 1. The highest BCUT2D eigenvalue weighted by atomic mass is 79.9. The van der Waals surface area contributed by atoms with Crippen molar-refractivity contribution in [3.05, 3.63) is 29.8 Å².